The van der Waals surface area contributed by atoms with Gasteiger partial charge in [0, 0.05) is 18.2 Å². The van der Waals surface area contributed by atoms with Crippen molar-refractivity contribution >= 4 is 28.5 Å². The van der Waals surface area contributed by atoms with Crippen LogP contribution in [-0.4, -0.2) is 23.7 Å². The number of hydrogen-bond donors (Lipinski definition) is 0. The Morgan fingerprint density at radius 2 is 1.77 bits per heavy atom. The van der Waals surface area contributed by atoms with Gasteiger partial charge in [-0.05, 0) is 47.8 Å². The first-order valence-corrected chi connectivity index (χ1v) is 10.1. The predicted molar refractivity (Wildman–Crippen MR) is 119 cm³/mol. The molecule has 4 aromatic rings. The topological polar surface area (TPSA) is 91.2 Å². The number of hydrogen-bond acceptors (Lipinski definition) is 7. The van der Waals surface area contributed by atoms with E-state index in [-0.39, 0.29) is 5.69 Å². The standard InChI is InChI=1S/C22H18N4O4S/c1-29-17-9-10-18(20(14-17)30-2)25-19(21-4-3-13-31-21)11-12-22(25)24-23-15-5-7-16(8-6-15)26(27)28/h3-14H,1-2H3. The molecule has 31 heavy (non-hydrogen) atoms. The van der Waals surface area contributed by atoms with E-state index in [1.807, 2.05) is 52.4 Å². The fourth-order valence-electron chi connectivity index (χ4n) is 3.09. The van der Waals surface area contributed by atoms with Crippen LogP contribution in [0.5, 0.6) is 11.5 Å². The van der Waals surface area contributed by atoms with E-state index in [1.165, 1.54) is 12.1 Å². The number of rotatable bonds is 7. The number of ether oxygens (including phenoxy) is 2. The molecule has 0 N–H and O–H groups in total. The van der Waals surface area contributed by atoms with Crippen LogP contribution in [0.15, 0.2) is 82.3 Å². The van der Waals surface area contributed by atoms with E-state index in [0.717, 1.165) is 16.3 Å². The fraction of sp³-hybridized carbons (Fsp3) is 0.0909. The molecule has 2 aromatic carbocycles. The highest BCUT2D eigenvalue weighted by Crippen LogP contribution is 2.38. The minimum absolute atomic E-state index is 0.00489. The first kappa shape index (κ1) is 20.3. The molecule has 0 aliphatic carbocycles. The monoisotopic (exact) mass is 434 g/mol. The van der Waals surface area contributed by atoms with Gasteiger partial charge in [0.05, 0.1) is 41.1 Å². The average molecular weight is 434 g/mol. The maximum Gasteiger partial charge on any atom is 0.269 e. The molecular formula is C22H18N4O4S. The van der Waals surface area contributed by atoms with Crippen molar-refractivity contribution in [3.63, 3.8) is 0 Å². The molecule has 8 nitrogen and oxygen atoms in total. The van der Waals surface area contributed by atoms with Gasteiger partial charge in [0.25, 0.3) is 5.69 Å². The van der Waals surface area contributed by atoms with Gasteiger partial charge >= 0.3 is 0 Å². The lowest BCUT2D eigenvalue weighted by molar-refractivity contribution is -0.384. The number of thiophene rings is 1. The Hall–Kier alpha value is -3.98. The van der Waals surface area contributed by atoms with Gasteiger partial charge in [-0.1, -0.05) is 6.07 Å². The van der Waals surface area contributed by atoms with Gasteiger partial charge in [0.2, 0.25) is 0 Å². The number of non-ortho nitro benzene ring substituents is 1. The third-order valence-corrected chi connectivity index (χ3v) is 5.48. The molecule has 0 amide bonds. The molecular weight excluding hydrogens is 416 g/mol. The Kier molecular flexibility index (Phi) is 5.76. The number of benzene rings is 2. The first-order valence-electron chi connectivity index (χ1n) is 9.25. The van der Waals surface area contributed by atoms with Crippen molar-refractivity contribution in [1.82, 2.24) is 4.57 Å². The van der Waals surface area contributed by atoms with Crippen LogP contribution in [0, 0.1) is 10.1 Å². The Balaban J connectivity index is 1.80. The second-order valence-corrected chi connectivity index (χ2v) is 7.35. The Morgan fingerprint density at radius 1 is 0.968 bits per heavy atom. The van der Waals surface area contributed by atoms with Gasteiger partial charge in [-0.15, -0.1) is 21.6 Å². The van der Waals surface area contributed by atoms with Crippen molar-refractivity contribution in [2.75, 3.05) is 14.2 Å². The van der Waals surface area contributed by atoms with E-state index in [4.69, 9.17) is 9.47 Å². The van der Waals surface area contributed by atoms with Gasteiger partial charge in [-0.2, -0.15) is 0 Å². The molecule has 0 saturated heterocycles. The zero-order chi connectivity index (χ0) is 21.8. The van der Waals surface area contributed by atoms with Crippen molar-refractivity contribution in [1.29, 1.82) is 0 Å². The maximum absolute atomic E-state index is 10.8. The zero-order valence-electron chi connectivity index (χ0n) is 16.8. The largest absolute Gasteiger partial charge is 0.497 e. The van der Waals surface area contributed by atoms with Crippen LogP contribution >= 0.6 is 11.3 Å². The Bertz CT molecular complexity index is 1230. The average Bonchev–Trinajstić information content (AvgIpc) is 3.47. The van der Waals surface area contributed by atoms with E-state index in [1.54, 1.807) is 37.7 Å². The van der Waals surface area contributed by atoms with Gasteiger partial charge in [0.15, 0.2) is 5.82 Å². The molecule has 0 radical (unpaired) electrons. The minimum atomic E-state index is -0.449. The highest BCUT2D eigenvalue weighted by Gasteiger charge is 2.17. The quantitative estimate of drug-likeness (QED) is 0.187. The normalized spacial score (nSPS) is 11.0. The fourth-order valence-corrected chi connectivity index (χ4v) is 3.83. The lowest BCUT2D eigenvalue weighted by Crippen LogP contribution is -1.99. The molecule has 0 bridgehead atoms. The molecule has 0 spiro atoms. The summed E-state index contributed by atoms with van der Waals surface area (Å²) in [4.78, 5) is 11.5. The van der Waals surface area contributed by atoms with Crippen molar-refractivity contribution < 1.29 is 14.4 Å². The molecule has 0 fully saturated rings. The second-order valence-electron chi connectivity index (χ2n) is 6.40. The highest BCUT2D eigenvalue weighted by atomic mass is 32.1. The number of azo groups is 1. The first-order chi connectivity index (χ1) is 15.1. The van der Waals surface area contributed by atoms with Crippen LogP contribution in [0.2, 0.25) is 0 Å². The van der Waals surface area contributed by atoms with Crippen molar-refractivity contribution in [2.45, 2.75) is 0 Å². The van der Waals surface area contributed by atoms with Crippen LogP contribution < -0.4 is 9.47 Å². The SMILES string of the molecule is COc1ccc(-n2c(N=Nc3ccc([N+](=O)[O-])cc3)ccc2-c2cccs2)c(OC)c1. The van der Waals surface area contributed by atoms with Crippen LogP contribution in [0.4, 0.5) is 17.2 Å². The molecule has 0 aliphatic heterocycles. The molecule has 0 aliphatic rings. The molecule has 156 valence electrons. The molecule has 0 saturated carbocycles. The molecule has 0 atom stereocenters. The Morgan fingerprint density at radius 3 is 2.42 bits per heavy atom. The predicted octanol–water partition coefficient (Wildman–Crippen LogP) is 6.55. The zero-order valence-corrected chi connectivity index (χ0v) is 17.6. The smallest absolute Gasteiger partial charge is 0.269 e. The molecule has 9 heteroatoms. The summed E-state index contributed by atoms with van der Waals surface area (Å²) in [5.74, 6) is 1.89. The van der Waals surface area contributed by atoms with Crippen molar-refractivity contribution in [3.8, 4) is 27.8 Å². The van der Waals surface area contributed by atoms with Gasteiger partial charge < -0.3 is 9.47 Å². The van der Waals surface area contributed by atoms with Crippen molar-refractivity contribution in [3.05, 3.63) is 82.2 Å². The van der Waals surface area contributed by atoms with Crippen LogP contribution in [0.1, 0.15) is 0 Å². The molecule has 2 heterocycles. The summed E-state index contributed by atoms with van der Waals surface area (Å²) in [6, 6.07) is 19.3. The third kappa shape index (κ3) is 4.17. The number of methoxy groups -OCH3 is 2. The van der Waals surface area contributed by atoms with E-state index in [9.17, 15) is 10.1 Å². The number of aromatic nitrogens is 1. The summed E-state index contributed by atoms with van der Waals surface area (Å²) < 4.78 is 12.9. The maximum atomic E-state index is 10.8. The van der Waals surface area contributed by atoms with E-state index in [2.05, 4.69) is 10.2 Å². The summed E-state index contributed by atoms with van der Waals surface area (Å²) in [6.07, 6.45) is 0. The van der Waals surface area contributed by atoms with Crippen LogP contribution in [-0.2, 0) is 0 Å². The lowest BCUT2D eigenvalue weighted by Gasteiger charge is -2.15. The van der Waals surface area contributed by atoms with Gasteiger partial charge in [0.1, 0.15) is 11.5 Å². The molecule has 0 unspecified atom stereocenters. The second kappa shape index (κ2) is 8.80. The van der Waals surface area contributed by atoms with Gasteiger partial charge in [-0.3, -0.25) is 14.7 Å². The summed E-state index contributed by atoms with van der Waals surface area (Å²) in [5.41, 5.74) is 2.24. The van der Waals surface area contributed by atoms with Crippen molar-refractivity contribution in [2.24, 2.45) is 10.2 Å². The molecule has 4 rings (SSSR count). The minimum Gasteiger partial charge on any atom is -0.497 e. The summed E-state index contributed by atoms with van der Waals surface area (Å²) in [6.45, 7) is 0. The van der Waals surface area contributed by atoms with E-state index < -0.39 is 4.92 Å². The highest BCUT2D eigenvalue weighted by molar-refractivity contribution is 7.13. The number of nitrogens with zero attached hydrogens (tertiary/aromatic N) is 4. The van der Waals surface area contributed by atoms with E-state index in [0.29, 0.717) is 23.0 Å². The van der Waals surface area contributed by atoms with E-state index >= 15 is 0 Å². The summed E-state index contributed by atoms with van der Waals surface area (Å²) in [7, 11) is 3.20. The number of nitro groups is 1. The van der Waals surface area contributed by atoms with Crippen LogP contribution in [0.3, 0.4) is 0 Å². The lowest BCUT2D eigenvalue weighted by atomic mass is 10.2. The Labute approximate surface area is 182 Å². The molecule has 2 aromatic heterocycles. The van der Waals surface area contributed by atoms with Crippen LogP contribution in [0.25, 0.3) is 16.3 Å². The van der Waals surface area contributed by atoms with Gasteiger partial charge in [-0.25, -0.2) is 0 Å². The summed E-state index contributed by atoms with van der Waals surface area (Å²) in [5, 5.41) is 21.5. The summed E-state index contributed by atoms with van der Waals surface area (Å²) >= 11 is 1.62. The number of nitro benzene ring substituents is 1. The third-order valence-electron chi connectivity index (χ3n) is 4.59.